The number of rotatable bonds is 8. The summed E-state index contributed by atoms with van der Waals surface area (Å²) >= 11 is 1.54. The number of hydrogen-bond acceptors (Lipinski definition) is 4. The SMILES string of the molecule is CCCCNc1cc(C(=O)O)cc(SC)c1-c1cccc(OC)c1. The van der Waals surface area contributed by atoms with Crippen molar-refractivity contribution in [3.8, 4) is 16.9 Å². The van der Waals surface area contributed by atoms with Crippen LogP contribution in [0, 0.1) is 0 Å². The second kappa shape index (κ2) is 8.64. The third-order valence-electron chi connectivity index (χ3n) is 3.77. The number of benzene rings is 2. The Balaban J connectivity index is 2.58. The number of hydrogen-bond donors (Lipinski definition) is 2. The Morgan fingerprint density at radius 2 is 2.08 bits per heavy atom. The molecule has 0 radical (unpaired) electrons. The van der Waals surface area contributed by atoms with Crippen LogP contribution in [-0.2, 0) is 0 Å². The third kappa shape index (κ3) is 4.23. The van der Waals surface area contributed by atoms with Crippen molar-refractivity contribution in [3.63, 3.8) is 0 Å². The van der Waals surface area contributed by atoms with E-state index in [2.05, 4.69) is 12.2 Å². The van der Waals surface area contributed by atoms with E-state index in [0.29, 0.717) is 5.56 Å². The van der Waals surface area contributed by atoms with Crippen molar-refractivity contribution in [2.75, 3.05) is 25.2 Å². The summed E-state index contributed by atoms with van der Waals surface area (Å²) in [7, 11) is 1.64. The third-order valence-corrected chi connectivity index (χ3v) is 4.54. The van der Waals surface area contributed by atoms with E-state index in [1.165, 1.54) is 0 Å². The van der Waals surface area contributed by atoms with Crippen LogP contribution >= 0.6 is 11.8 Å². The minimum Gasteiger partial charge on any atom is -0.497 e. The van der Waals surface area contributed by atoms with Gasteiger partial charge in [0.05, 0.1) is 12.7 Å². The van der Waals surface area contributed by atoms with Gasteiger partial charge in [-0.25, -0.2) is 4.79 Å². The fourth-order valence-electron chi connectivity index (χ4n) is 2.52. The molecule has 0 aromatic heterocycles. The molecule has 0 amide bonds. The summed E-state index contributed by atoms with van der Waals surface area (Å²) in [4.78, 5) is 12.4. The fourth-order valence-corrected chi connectivity index (χ4v) is 3.19. The van der Waals surface area contributed by atoms with Crippen molar-refractivity contribution in [1.29, 1.82) is 0 Å². The number of carbonyl (C=O) groups is 1. The van der Waals surface area contributed by atoms with Crippen LogP contribution in [0.2, 0.25) is 0 Å². The minimum absolute atomic E-state index is 0.296. The maximum Gasteiger partial charge on any atom is 0.335 e. The molecule has 2 aromatic rings. The van der Waals surface area contributed by atoms with Gasteiger partial charge in [0.15, 0.2) is 0 Å². The van der Waals surface area contributed by atoms with Crippen molar-refractivity contribution in [1.82, 2.24) is 0 Å². The van der Waals surface area contributed by atoms with Gasteiger partial charge in [-0.2, -0.15) is 0 Å². The molecular formula is C19H23NO3S. The van der Waals surface area contributed by atoms with E-state index >= 15 is 0 Å². The molecule has 5 heteroatoms. The first kappa shape index (κ1) is 18.2. The quantitative estimate of drug-likeness (QED) is 0.521. The lowest BCUT2D eigenvalue weighted by molar-refractivity contribution is 0.0696. The summed E-state index contributed by atoms with van der Waals surface area (Å²) in [6.45, 7) is 2.94. The molecule has 0 aliphatic rings. The van der Waals surface area contributed by atoms with Crippen molar-refractivity contribution >= 4 is 23.4 Å². The lowest BCUT2D eigenvalue weighted by atomic mass is 10.0. The normalized spacial score (nSPS) is 10.5. The average molecular weight is 345 g/mol. The number of aromatic carboxylic acids is 1. The van der Waals surface area contributed by atoms with Crippen molar-refractivity contribution in [3.05, 3.63) is 42.0 Å². The van der Waals surface area contributed by atoms with Crippen LogP contribution < -0.4 is 10.1 Å². The summed E-state index contributed by atoms with van der Waals surface area (Å²) in [5.41, 5.74) is 3.17. The first-order chi connectivity index (χ1) is 11.6. The van der Waals surface area contributed by atoms with Crippen molar-refractivity contribution in [2.24, 2.45) is 0 Å². The number of carboxylic acid groups (broad SMARTS) is 1. The minimum atomic E-state index is -0.916. The molecule has 2 aromatic carbocycles. The van der Waals surface area contributed by atoms with Crippen LogP contribution in [0.5, 0.6) is 5.75 Å². The molecular weight excluding hydrogens is 322 g/mol. The van der Waals surface area contributed by atoms with E-state index in [-0.39, 0.29) is 0 Å². The highest BCUT2D eigenvalue weighted by molar-refractivity contribution is 7.98. The maximum absolute atomic E-state index is 11.4. The zero-order valence-corrected chi connectivity index (χ0v) is 15.1. The molecule has 0 unspecified atom stereocenters. The second-order valence-corrected chi connectivity index (χ2v) is 6.27. The van der Waals surface area contributed by atoms with E-state index in [0.717, 1.165) is 46.8 Å². The Hall–Kier alpha value is -2.14. The van der Waals surface area contributed by atoms with E-state index < -0.39 is 5.97 Å². The second-order valence-electron chi connectivity index (χ2n) is 5.42. The van der Waals surface area contributed by atoms with Gasteiger partial charge < -0.3 is 15.2 Å². The summed E-state index contributed by atoms with van der Waals surface area (Å²) in [5.74, 6) is -0.137. The molecule has 2 N–H and O–H groups in total. The van der Waals surface area contributed by atoms with E-state index in [9.17, 15) is 9.90 Å². The van der Waals surface area contributed by atoms with Gasteiger partial charge in [0.25, 0.3) is 0 Å². The van der Waals surface area contributed by atoms with Gasteiger partial charge in [0.1, 0.15) is 5.75 Å². The molecule has 0 atom stereocenters. The van der Waals surface area contributed by atoms with Crippen molar-refractivity contribution in [2.45, 2.75) is 24.7 Å². The highest BCUT2D eigenvalue weighted by Crippen LogP contribution is 2.39. The predicted octanol–water partition coefficient (Wildman–Crippen LogP) is 4.99. The highest BCUT2D eigenvalue weighted by Gasteiger charge is 2.16. The van der Waals surface area contributed by atoms with E-state index in [4.69, 9.17) is 4.74 Å². The standard InChI is InChI=1S/C19H23NO3S/c1-4-5-9-20-16-11-14(19(21)22)12-17(24-3)18(16)13-7-6-8-15(10-13)23-2/h6-8,10-12,20H,4-5,9H2,1-3H3,(H,21,22). The Morgan fingerprint density at radius 3 is 2.71 bits per heavy atom. The fraction of sp³-hybridized carbons (Fsp3) is 0.316. The van der Waals surface area contributed by atoms with E-state index in [1.807, 2.05) is 30.5 Å². The van der Waals surface area contributed by atoms with Gasteiger partial charge in [-0.1, -0.05) is 25.5 Å². The van der Waals surface area contributed by atoms with Gasteiger partial charge in [-0.15, -0.1) is 11.8 Å². The number of methoxy groups -OCH3 is 1. The molecule has 4 nitrogen and oxygen atoms in total. The summed E-state index contributed by atoms with van der Waals surface area (Å²) in [6.07, 6.45) is 4.07. The monoisotopic (exact) mass is 345 g/mol. The smallest absolute Gasteiger partial charge is 0.335 e. The maximum atomic E-state index is 11.4. The van der Waals surface area contributed by atoms with Gasteiger partial charge in [-0.3, -0.25) is 0 Å². The predicted molar refractivity (Wildman–Crippen MR) is 101 cm³/mol. The number of thioether (sulfide) groups is 1. The zero-order chi connectivity index (χ0) is 17.5. The Bertz CT molecular complexity index is 716. The van der Waals surface area contributed by atoms with Crippen molar-refractivity contribution < 1.29 is 14.6 Å². The number of unbranched alkanes of at least 4 members (excludes halogenated alkanes) is 1. The van der Waals surface area contributed by atoms with Gasteiger partial charge >= 0.3 is 5.97 Å². The molecule has 2 rings (SSSR count). The largest absolute Gasteiger partial charge is 0.497 e. The summed E-state index contributed by atoms with van der Waals surface area (Å²) < 4.78 is 5.33. The molecule has 0 fully saturated rings. The van der Waals surface area contributed by atoms with Crippen LogP contribution in [-0.4, -0.2) is 31.0 Å². The Labute approximate surface area is 147 Å². The molecule has 24 heavy (non-hydrogen) atoms. The number of ether oxygens (including phenoxy) is 1. The average Bonchev–Trinajstić information content (AvgIpc) is 2.61. The Kier molecular flexibility index (Phi) is 6.55. The molecule has 0 saturated carbocycles. The summed E-state index contributed by atoms with van der Waals surface area (Å²) in [5, 5.41) is 12.8. The molecule has 128 valence electrons. The van der Waals surface area contributed by atoms with E-state index in [1.54, 1.807) is 31.0 Å². The zero-order valence-electron chi connectivity index (χ0n) is 14.3. The molecule has 0 aliphatic heterocycles. The number of nitrogens with one attached hydrogen (secondary N) is 1. The molecule has 0 aliphatic carbocycles. The lowest BCUT2D eigenvalue weighted by Crippen LogP contribution is -2.06. The summed E-state index contributed by atoms with van der Waals surface area (Å²) in [6, 6.07) is 11.3. The first-order valence-corrected chi connectivity index (χ1v) is 9.16. The topological polar surface area (TPSA) is 58.6 Å². The van der Waals surface area contributed by atoms with Gasteiger partial charge in [0.2, 0.25) is 0 Å². The molecule has 0 bridgehead atoms. The Morgan fingerprint density at radius 1 is 1.29 bits per heavy atom. The van der Waals surface area contributed by atoms with Crippen LogP contribution in [0.1, 0.15) is 30.1 Å². The lowest BCUT2D eigenvalue weighted by Gasteiger charge is -2.17. The van der Waals surface area contributed by atoms with Crippen LogP contribution in [0.25, 0.3) is 11.1 Å². The molecule has 0 heterocycles. The molecule has 0 spiro atoms. The highest BCUT2D eigenvalue weighted by atomic mass is 32.2. The molecule has 0 saturated heterocycles. The van der Waals surface area contributed by atoms with Crippen LogP contribution in [0.15, 0.2) is 41.3 Å². The van der Waals surface area contributed by atoms with Gasteiger partial charge in [-0.05, 0) is 42.5 Å². The first-order valence-electron chi connectivity index (χ1n) is 7.94. The van der Waals surface area contributed by atoms with Crippen LogP contribution in [0.3, 0.4) is 0 Å². The van der Waals surface area contributed by atoms with Gasteiger partial charge in [0, 0.05) is 22.7 Å². The number of carboxylic acids is 1. The van der Waals surface area contributed by atoms with Crippen LogP contribution in [0.4, 0.5) is 5.69 Å². The number of anilines is 1.